The summed E-state index contributed by atoms with van der Waals surface area (Å²) < 4.78 is 7.53. The van der Waals surface area contributed by atoms with Crippen molar-refractivity contribution in [1.82, 2.24) is 24.6 Å². The summed E-state index contributed by atoms with van der Waals surface area (Å²) in [5, 5.41) is 5.75. The summed E-state index contributed by atoms with van der Waals surface area (Å²) in [7, 11) is 1.82. The minimum Gasteiger partial charge on any atom is -0.379 e. The smallest absolute Gasteiger partial charge is 0.158 e. The van der Waals surface area contributed by atoms with Crippen molar-refractivity contribution < 1.29 is 4.74 Å². The van der Waals surface area contributed by atoms with Crippen molar-refractivity contribution in [2.45, 2.75) is 85.7 Å². The lowest BCUT2D eigenvalue weighted by molar-refractivity contribution is 0.00955. The lowest BCUT2D eigenvalue weighted by atomic mass is 9.88. The molecule has 7 nitrogen and oxygen atoms in total. The van der Waals surface area contributed by atoms with Gasteiger partial charge in [0.1, 0.15) is 12.1 Å². The Morgan fingerprint density at radius 2 is 1.81 bits per heavy atom. The number of nitrogens with zero attached hydrogens (tertiary/aromatic N) is 5. The highest BCUT2D eigenvalue weighted by Gasteiger charge is 2.27. The van der Waals surface area contributed by atoms with Gasteiger partial charge in [0.05, 0.1) is 23.0 Å². The summed E-state index contributed by atoms with van der Waals surface area (Å²) >= 11 is 0. The molecule has 198 valence electrons. The molecular weight excluding hydrogens is 460 g/mol. The van der Waals surface area contributed by atoms with Crippen LogP contribution in [0.1, 0.15) is 81.5 Å². The Labute approximate surface area is 220 Å². The number of piperidine rings is 1. The molecule has 4 aromatic heterocycles. The molecule has 1 fully saturated rings. The fraction of sp³-hybridized carbons (Fsp3) is 0.567. The zero-order valence-electron chi connectivity index (χ0n) is 23.8. The molecule has 0 atom stereocenters. The zero-order valence-corrected chi connectivity index (χ0v) is 23.8. The van der Waals surface area contributed by atoms with Gasteiger partial charge in [0.25, 0.3) is 0 Å². The second-order valence-electron chi connectivity index (χ2n) is 11.8. The van der Waals surface area contributed by atoms with Crippen LogP contribution in [-0.4, -0.2) is 50.4 Å². The normalized spacial score (nSPS) is 15.5. The topological polar surface area (TPSA) is 71.3 Å². The van der Waals surface area contributed by atoms with E-state index in [2.05, 4.69) is 74.6 Å². The molecule has 5 rings (SSSR count). The number of aromatic nitrogens is 5. The van der Waals surface area contributed by atoms with Gasteiger partial charge < -0.3 is 14.6 Å². The first-order valence-corrected chi connectivity index (χ1v) is 13.7. The van der Waals surface area contributed by atoms with Crippen molar-refractivity contribution in [1.29, 1.82) is 0 Å². The van der Waals surface area contributed by atoms with E-state index in [0.29, 0.717) is 5.92 Å². The van der Waals surface area contributed by atoms with E-state index < -0.39 is 0 Å². The van der Waals surface area contributed by atoms with Crippen molar-refractivity contribution in [3.05, 3.63) is 41.0 Å². The zero-order chi connectivity index (χ0) is 26.5. The van der Waals surface area contributed by atoms with Gasteiger partial charge in [-0.2, -0.15) is 5.10 Å². The van der Waals surface area contributed by atoms with E-state index >= 15 is 0 Å². The Morgan fingerprint density at radius 1 is 1.08 bits per heavy atom. The number of methoxy groups -OCH3 is 1. The van der Waals surface area contributed by atoms with Crippen LogP contribution in [0.25, 0.3) is 27.8 Å². The SMILES string of the molecule is COC(C)(C)CCC1CCN(c2ncc3[nH]c(-c4cn5ncnc5c(C)c4C)c(C(C)C)c3c2C)CC1. The Kier molecular flexibility index (Phi) is 6.77. The number of pyridine rings is 2. The molecular formula is C30H42N6O. The number of hydrogen-bond donors (Lipinski definition) is 1. The summed E-state index contributed by atoms with van der Waals surface area (Å²) in [5.74, 6) is 2.26. The number of fused-ring (bicyclic) bond motifs is 2. The molecule has 0 spiro atoms. The maximum Gasteiger partial charge on any atom is 0.158 e. The minimum atomic E-state index is -0.0328. The lowest BCUT2D eigenvalue weighted by Crippen LogP contribution is -2.35. The largest absolute Gasteiger partial charge is 0.379 e. The maximum absolute atomic E-state index is 5.64. The molecule has 0 amide bonds. The molecule has 1 aliphatic heterocycles. The fourth-order valence-electron chi connectivity index (χ4n) is 6.02. The summed E-state index contributed by atoms with van der Waals surface area (Å²) in [5.41, 5.74) is 9.36. The number of ether oxygens (including phenoxy) is 1. The molecule has 5 heterocycles. The average molecular weight is 503 g/mol. The molecule has 0 bridgehead atoms. The highest BCUT2D eigenvalue weighted by Crippen LogP contribution is 2.41. The van der Waals surface area contributed by atoms with Gasteiger partial charge in [-0.25, -0.2) is 14.5 Å². The molecule has 1 aliphatic rings. The number of aromatic amines is 1. The third kappa shape index (κ3) is 4.63. The third-order valence-electron chi connectivity index (χ3n) is 8.69. The molecule has 7 heteroatoms. The van der Waals surface area contributed by atoms with Crippen molar-refractivity contribution in [3.8, 4) is 11.3 Å². The Hall–Kier alpha value is -2.93. The third-order valence-corrected chi connectivity index (χ3v) is 8.69. The summed E-state index contributed by atoms with van der Waals surface area (Å²) in [6.07, 6.45) is 10.5. The van der Waals surface area contributed by atoms with Crippen LogP contribution in [0.4, 0.5) is 5.82 Å². The summed E-state index contributed by atoms with van der Waals surface area (Å²) in [4.78, 5) is 15.7. The van der Waals surface area contributed by atoms with E-state index in [9.17, 15) is 0 Å². The number of anilines is 1. The van der Waals surface area contributed by atoms with Crippen molar-refractivity contribution in [3.63, 3.8) is 0 Å². The Morgan fingerprint density at radius 3 is 2.49 bits per heavy atom. The number of hydrogen-bond acceptors (Lipinski definition) is 5. The van der Waals surface area contributed by atoms with E-state index in [1.165, 1.54) is 52.6 Å². The van der Waals surface area contributed by atoms with Crippen LogP contribution >= 0.6 is 0 Å². The summed E-state index contributed by atoms with van der Waals surface area (Å²) in [6.45, 7) is 17.6. The van der Waals surface area contributed by atoms with Gasteiger partial charge in [-0.3, -0.25) is 0 Å². The van der Waals surface area contributed by atoms with Gasteiger partial charge in [0.2, 0.25) is 0 Å². The lowest BCUT2D eigenvalue weighted by Gasteiger charge is -2.35. The standard InChI is InChI=1S/C30H42N6O/c1-18(2)25-26-21(5)28(35-13-10-22(11-14-35)9-12-30(6,7)37-8)31-15-24(26)34-27(25)23-16-36-29(32-17-33-36)20(4)19(23)3/h15-18,22,34H,9-14H2,1-8H3. The van der Waals surface area contributed by atoms with Crippen LogP contribution in [0.3, 0.4) is 0 Å². The first-order valence-electron chi connectivity index (χ1n) is 13.7. The Balaban J connectivity index is 1.49. The average Bonchev–Trinajstić information content (AvgIpc) is 3.51. The second kappa shape index (κ2) is 9.75. The highest BCUT2D eigenvalue weighted by atomic mass is 16.5. The van der Waals surface area contributed by atoms with Crippen LogP contribution in [0.15, 0.2) is 18.7 Å². The van der Waals surface area contributed by atoms with E-state index in [1.54, 1.807) is 6.33 Å². The molecule has 1 N–H and O–H groups in total. The highest BCUT2D eigenvalue weighted by molar-refractivity contribution is 5.96. The maximum atomic E-state index is 5.64. The van der Waals surface area contributed by atoms with E-state index in [1.807, 2.05) is 17.8 Å². The van der Waals surface area contributed by atoms with Crippen LogP contribution in [-0.2, 0) is 4.74 Å². The molecule has 0 saturated carbocycles. The van der Waals surface area contributed by atoms with Gasteiger partial charge in [0.15, 0.2) is 5.65 Å². The van der Waals surface area contributed by atoms with Gasteiger partial charge in [-0.15, -0.1) is 0 Å². The molecule has 4 aromatic rings. The minimum absolute atomic E-state index is 0.0328. The van der Waals surface area contributed by atoms with Gasteiger partial charge >= 0.3 is 0 Å². The van der Waals surface area contributed by atoms with Crippen LogP contribution in [0.5, 0.6) is 0 Å². The van der Waals surface area contributed by atoms with Gasteiger partial charge in [-0.1, -0.05) is 13.8 Å². The fourth-order valence-corrected chi connectivity index (χ4v) is 6.02. The number of aryl methyl sites for hydroxylation is 2. The molecule has 0 radical (unpaired) electrons. The van der Waals surface area contributed by atoms with Crippen molar-refractivity contribution >= 4 is 22.4 Å². The predicted molar refractivity (Wildman–Crippen MR) is 152 cm³/mol. The first kappa shape index (κ1) is 25.7. The van der Waals surface area contributed by atoms with Crippen molar-refractivity contribution in [2.75, 3.05) is 25.1 Å². The number of H-pyrrole nitrogens is 1. The molecule has 0 aliphatic carbocycles. The number of nitrogens with one attached hydrogen (secondary N) is 1. The second-order valence-corrected chi connectivity index (χ2v) is 11.8. The summed E-state index contributed by atoms with van der Waals surface area (Å²) in [6, 6.07) is 0. The van der Waals surface area contributed by atoms with Crippen LogP contribution < -0.4 is 4.90 Å². The molecule has 1 saturated heterocycles. The van der Waals surface area contributed by atoms with Crippen molar-refractivity contribution in [2.24, 2.45) is 5.92 Å². The van der Waals surface area contributed by atoms with Gasteiger partial charge in [0, 0.05) is 42.9 Å². The van der Waals surface area contributed by atoms with Crippen LogP contribution in [0, 0.1) is 26.7 Å². The molecule has 0 aromatic carbocycles. The molecule has 0 unspecified atom stereocenters. The van der Waals surface area contributed by atoms with E-state index in [-0.39, 0.29) is 5.60 Å². The van der Waals surface area contributed by atoms with E-state index in [4.69, 9.17) is 9.72 Å². The predicted octanol–water partition coefficient (Wildman–Crippen LogP) is 6.74. The van der Waals surface area contributed by atoms with Crippen LogP contribution in [0.2, 0.25) is 0 Å². The molecule has 37 heavy (non-hydrogen) atoms. The monoisotopic (exact) mass is 502 g/mol. The first-order chi connectivity index (χ1) is 17.6. The van der Waals surface area contributed by atoms with Gasteiger partial charge in [-0.05, 0) is 88.8 Å². The quantitative estimate of drug-likeness (QED) is 0.303. The Bertz CT molecular complexity index is 1420. The van der Waals surface area contributed by atoms with E-state index in [0.717, 1.165) is 48.0 Å². The number of rotatable bonds is 7.